The Balaban J connectivity index is 1.09. The third kappa shape index (κ3) is 8.83. The van der Waals surface area contributed by atoms with E-state index in [0.29, 0.717) is 35.2 Å². The molecular formula is C47H64O6. The van der Waals surface area contributed by atoms with Crippen LogP contribution in [0.25, 0.3) is 21.5 Å². The van der Waals surface area contributed by atoms with Crippen molar-refractivity contribution in [1.82, 2.24) is 0 Å². The quantitative estimate of drug-likeness (QED) is 0.0936. The van der Waals surface area contributed by atoms with Gasteiger partial charge in [0.25, 0.3) is 0 Å². The first-order valence-corrected chi connectivity index (χ1v) is 21.5. The topological polar surface area (TPSA) is 71.1 Å². The lowest BCUT2D eigenvalue weighted by Gasteiger charge is -2.43. The minimum absolute atomic E-state index is 0.114. The van der Waals surface area contributed by atoms with Gasteiger partial charge in [-0.15, -0.1) is 0 Å². The van der Waals surface area contributed by atoms with Crippen LogP contribution in [-0.4, -0.2) is 37.4 Å². The number of benzene rings is 3. The molecule has 0 amide bonds. The highest BCUT2D eigenvalue weighted by molar-refractivity contribution is 6.11. The van der Waals surface area contributed by atoms with Crippen LogP contribution in [0.1, 0.15) is 135 Å². The summed E-state index contributed by atoms with van der Waals surface area (Å²) in [5.41, 5.74) is 1.22. The maximum absolute atomic E-state index is 13.4. The number of rotatable bonds is 14. The van der Waals surface area contributed by atoms with Crippen LogP contribution in [0.4, 0.5) is 0 Å². The van der Waals surface area contributed by atoms with Gasteiger partial charge in [-0.1, -0.05) is 120 Å². The van der Waals surface area contributed by atoms with Crippen molar-refractivity contribution in [3.8, 4) is 11.5 Å². The van der Waals surface area contributed by atoms with Crippen LogP contribution in [-0.2, 0) is 25.5 Å². The number of ether oxygens (including phenoxy) is 4. The van der Waals surface area contributed by atoms with Gasteiger partial charge in [0, 0.05) is 21.5 Å². The predicted octanol–water partition coefficient (Wildman–Crippen LogP) is 11.6. The van der Waals surface area contributed by atoms with Gasteiger partial charge in [0.05, 0.1) is 0 Å². The lowest BCUT2D eigenvalue weighted by molar-refractivity contribution is -0.157. The second kappa shape index (κ2) is 17.9. The van der Waals surface area contributed by atoms with Gasteiger partial charge in [-0.25, -0.2) is 9.59 Å². The van der Waals surface area contributed by atoms with Crippen LogP contribution in [0.15, 0.2) is 42.5 Å². The fourth-order valence-corrected chi connectivity index (χ4v) is 11.3. The molecular weight excluding hydrogens is 661 g/mol. The molecule has 3 aromatic carbocycles. The van der Waals surface area contributed by atoms with Gasteiger partial charge in [-0.2, -0.15) is 0 Å². The van der Waals surface area contributed by atoms with Gasteiger partial charge in [-0.3, -0.25) is 0 Å². The van der Waals surface area contributed by atoms with Gasteiger partial charge in [0.2, 0.25) is 0 Å². The van der Waals surface area contributed by atoms with Gasteiger partial charge < -0.3 is 18.9 Å². The molecule has 4 saturated carbocycles. The summed E-state index contributed by atoms with van der Waals surface area (Å²) < 4.78 is 25.2. The zero-order valence-corrected chi connectivity index (χ0v) is 32.8. The van der Waals surface area contributed by atoms with Crippen LogP contribution in [0.2, 0.25) is 0 Å². The fourth-order valence-electron chi connectivity index (χ4n) is 11.3. The first kappa shape index (κ1) is 38.0. The molecule has 4 fully saturated rings. The summed E-state index contributed by atoms with van der Waals surface area (Å²) in [4.78, 5) is 26.8. The Morgan fingerprint density at radius 1 is 0.604 bits per heavy atom. The van der Waals surface area contributed by atoms with Crippen LogP contribution in [0, 0.1) is 35.5 Å². The van der Waals surface area contributed by atoms with Gasteiger partial charge in [0.15, 0.2) is 13.2 Å². The molecule has 3 aromatic rings. The standard InChI is InChI=1S/C47H64O6/c1-4-5-6-15-33-26-27-42-43(28-33)47(51-30-45(49)53-32(3)37-25-14-19-35-17-8-10-21-39(35)37)41-23-12-11-22-40(41)46(42)50-29-44(48)52-31(2)36-24-13-18-34-16-7-9-20-38(34)36/h11-12,22-23,26-28,31-32,34-39H,4-10,13-21,24-25,29-30H2,1-3H3. The van der Waals surface area contributed by atoms with Crippen molar-refractivity contribution in [2.75, 3.05) is 13.2 Å². The zero-order valence-electron chi connectivity index (χ0n) is 32.8. The van der Waals surface area contributed by atoms with E-state index in [0.717, 1.165) is 65.5 Å². The van der Waals surface area contributed by atoms with Crippen molar-refractivity contribution in [1.29, 1.82) is 0 Å². The Hall–Kier alpha value is -3.28. The number of carbonyl (C=O) groups excluding carboxylic acids is 2. The summed E-state index contributed by atoms with van der Waals surface area (Å²) in [6.45, 7) is 6.09. The summed E-state index contributed by atoms with van der Waals surface area (Å²) in [5.74, 6) is 4.45. The molecule has 0 saturated heterocycles. The molecule has 4 aliphatic carbocycles. The average molecular weight is 725 g/mol. The third-order valence-electron chi connectivity index (χ3n) is 13.8. The van der Waals surface area contributed by atoms with Crippen molar-refractivity contribution >= 4 is 33.5 Å². The Labute approximate surface area is 318 Å². The molecule has 0 aromatic heterocycles. The predicted molar refractivity (Wildman–Crippen MR) is 212 cm³/mol. The monoisotopic (exact) mass is 724 g/mol. The molecule has 0 N–H and O–H groups in total. The van der Waals surface area contributed by atoms with Gasteiger partial charge >= 0.3 is 11.9 Å². The second-order valence-electron chi connectivity index (χ2n) is 17.1. The van der Waals surface area contributed by atoms with E-state index in [1.54, 1.807) is 0 Å². The maximum Gasteiger partial charge on any atom is 0.344 e. The highest BCUT2D eigenvalue weighted by atomic mass is 16.6. The highest BCUT2D eigenvalue weighted by Crippen LogP contribution is 2.47. The number of unbranched alkanes of at least 4 members (excludes halogenated alkanes) is 2. The molecule has 8 atom stereocenters. The van der Waals surface area contributed by atoms with Crippen LogP contribution in [0.3, 0.4) is 0 Å². The van der Waals surface area contributed by atoms with Crippen molar-refractivity contribution in [2.24, 2.45) is 35.5 Å². The normalized spacial score (nSPS) is 26.9. The first-order valence-electron chi connectivity index (χ1n) is 21.5. The van der Waals surface area contributed by atoms with E-state index >= 15 is 0 Å². The molecule has 7 rings (SSSR count). The molecule has 288 valence electrons. The van der Waals surface area contributed by atoms with E-state index in [1.807, 2.05) is 24.3 Å². The van der Waals surface area contributed by atoms with Gasteiger partial charge in [0.1, 0.15) is 23.7 Å². The number of hydrogen-bond donors (Lipinski definition) is 0. The molecule has 0 bridgehead atoms. The number of fused-ring (bicyclic) bond motifs is 4. The first-order chi connectivity index (χ1) is 25.9. The summed E-state index contributed by atoms with van der Waals surface area (Å²) in [5, 5.41) is 3.45. The number of carbonyl (C=O) groups is 2. The Kier molecular flexibility index (Phi) is 12.8. The van der Waals surface area contributed by atoms with E-state index in [2.05, 4.69) is 39.0 Å². The van der Waals surface area contributed by atoms with Crippen LogP contribution >= 0.6 is 0 Å². The minimum Gasteiger partial charge on any atom is -0.481 e. The van der Waals surface area contributed by atoms with Crippen LogP contribution in [0.5, 0.6) is 11.5 Å². The molecule has 4 aliphatic rings. The SMILES string of the molecule is CCCCCc1ccc2c(OCC(=O)OC(C)C3CCCC4CCCCC43)c3ccccc3c(OCC(=O)OC(C)C3CCCC4CCCCC43)c2c1. The molecule has 8 unspecified atom stereocenters. The Morgan fingerprint density at radius 3 is 1.64 bits per heavy atom. The lowest BCUT2D eigenvalue weighted by Crippen LogP contribution is -2.39. The maximum atomic E-state index is 13.4. The van der Waals surface area contributed by atoms with Crippen molar-refractivity contribution in [3.05, 3.63) is 48.0 Å². The van der Waals surface area contributed by atoms with Crippen molar-refractivity contribution in [3.63, 3.8) is 0 Å². The molecule has 53 heavy (non-hydrogen) atoms. The van der Waals surface area contributed by atoms with E-state index < -0.39 is 0 Å². The zero-order chi connectivity index (χ0) is 36.7. The number of hydrogen-bond acceptors (Lipinski definition) is 6. The van der Waals surface area contributed by atoms with E-state index in [1.165, 1.54) is 89.0 Å². The summed E-state index contributed by atoms with van der Waals surface area (Å²) in [6, 6.07) is 14.4. The largest absolute Gasteiger partial charge is 0.481 e. The number of aryl methyl sites for hydroxylation is 1. The molecule has 0 radical (unpaired) electrons. The van der Waals surface area contributed by atoms with E-state index in [9.17, 15) is 9.59 Å². The van der Waals surface area contributed by atoms with E-state index in [-0.39, 0.29) is 37.4 Å². The third-order valence-corrected chi connectivity index (χ3v) is 13.8. The van der Waals surface area contributed by atoms with Gasteiger partial charge in [-0.05, 0) is 99.5 Å². The number of esters is 2. The summed E-state index contributed by atoms with van der Waals surface area (Å²) in [7, 11) is 0. The average Bonchev–Trinajstić information content (AvgIpc) is 3.18. The molecule has 0 spiro atoms. The summed E-state index contributed by atoms with van der Waals surface area (Å²) in [6.07, 6.45) is 22.0. The summed E-state index contributed by atoms with van der Waals surface area (Å²) >= 11 is 0. The molecule has 0 heterocycles. The Morgan fingerprint density at radius 2 is 1.09 bits per heavy atom. The molecule has 6 nitrogen and oxygen atoms in total. The van der Waals surface area contributed by atoms with Crippen molar-refractivity contribution < 1.29 is 28.5 Å². The fraction of sp³-hybridized carbons (Fsp3) is 0.660. The van der Waals surface area contributed by atoms with Crippen molar-refractivity contribution in [2.45, 2.75) is 149 Å². The second-order valence-corrected chi connectivity index (χ2v) is 17.1. The Bertz CT molecular complexity index is 1690. The smallest absolute Gasteiger partial charge is 0.344 e. The molecule has 0 aliphatic heterocycles. The lowest BCUT2D eigenvalue weighted by atomic mass is 9.64. The highest BCUT2D eigenvalue weighted by Gasteiger charge is 2.40. The minimum atomic E-state index is -0.321. The van der Waals surface area contributed by atoms with Crippen LogP contribution < -0.4 is 9.47 Å². The van der Waals surface area contributed by atoms with E-state index in [4.69, 9.17) is 18.9 Å². The molecule has 6 heteroatoms.